The Balaban J connectivity index is 1.81. The van der Waals surface area contributed by atoms with Gasteiger partial charge in [-0.1, -0.05) is 18.2 Å². The van der Waals surface area contributed by atoms with Gasteiger partial charge < -0.3 is 10.1 Å². The van der Waals surface area contributed by atoms with Crippen molar-refractivity contribution in [3.63, 3.8) is 0 Å². The maximum absolute atomic E-state index is 12.7. The average Bonchev–Trinajstić information content (AvgIpc) is 2.67. The van der Waals surface area contributed by atoms with Crippen LogP contribution < -0.4 is 14.8 Å². The average molecular weight is 398 g/mol. The molecule has 3 aromatic rings. The first-order valence-electron chi connectivity index (χ1n) is 8.77. The van der Waals surface area contributed by atoms with Gasteiger partial charge in [0.1, 0.15) is 16.5 Å². The zero-order valence-corrected chi connectivity index (χ0v) is 17.1. The summed E-state index contributed by atoms with van der Waals surface area (Å²) in [5.41, 5.74) is 4.92. The number of methoxy groups -OCH3 is 1. The van der Waals surface area contributed by atoms with E-state index in [1.165, 1.54) is 12.7 Å². The fourth-order valence-corrected chi connectivity index (χ4v) is 4.02. The van der Waals surface area contributed by atoms with Crippen molar-refractivity contribution in [1.82, 2.24) is 4.98 Å². The molecule has 6 nitrogen and oxygen atoms in total. The van der Waals surface area contributed by atoms with Crippen LogP contribution in [-0.4, -0.2) is 20.5 Å². The lowest BCUT2D eigenvalue weighted by molar-refractivity contribution is 0.402. The van der Waals surface area contributed by atoms with Gasteiger partial charge in [0, 0.05) is 5.69 Å². The summed E-state index contributed by atoms with van der Waals surface area (Å²) < 4.78 is 33.2. The number of rotatable bonds is 6. The van der Waals surface area contributed by atoms with E-state index in [0.717, 1.165) is 22.5 Å². The summed E-state index contributed by atoms with van der Waals surface area (Å²) in [5, 5.41) is 3.30. The van der Waals surface area contributed by atoms with Crippen LogP contribution in [0.4, 0.5) is 17.2 Å². The molecule has 0 atom stereocenters. The Hall–Kier alpha value is -3.06. The van der Waals surface area contributed by atoms with Gasteiger partial charge in [-0.3, -0.25) is 4.72 Å². The number of sulfonamides is 1. The molecule has 3 rings (SSSR count). The van der Waals surface area contributed by atoms with Crippen molar-refractivity contribution in [3.8, 4) is 5.75 Å². The van der Waals surface area contributed by atoms with E-state index in [4.69, 9.17) is 4.74 Å². The van der Waals surface area contributed by atoms with E-state index in [9.17, 15) is 8.42 Å². The minimum atomic E-state index is -3.82. The molecule has 7 heteroatoms. The normalized spacial score (nSPS) is 11.1. The van der Waals surface area contributed by atoms with Crippen molar-refractivity contribution in [3.05, 3.63) is 71.4 Å². The Labute approximate surface area is 165 Å². The SMILES string of the molecule is COc1ccc(C)cc1S(=O)(=O)Nc1ccc(Nc2cccc(C)c2C)cn1. The molecule has 1 aromatic heterocycles. The van der Waals surface area contributed by atoms with Crippen molar-refractivity contribution >= 4 is 27.2 Å². The predicted molar refractivity (Wildman–Crippen MR) is 112 cm³/mol. The molecule has 0 unspecified atom stereocenters. The molecule has 0 bridgehead atoms. The van der Waals surface area contributed by atoms with E-state index in [1.807, 2.05) is 26.0 Å². The number of pyridine rings is 1. The first kappa shape index (κ1) is 19.7. The van der Waals surface area contributed by atoms with Crippen LogP contribution in [0.5, 0.6) is 5.75 Å². The molecule has 0 aliphatic carbocycles. The molecule has 0 aliphatic heterocycles. The first-order chi connectivity index (χ1) is 13.3. The van der Waals surface area contributed by atoms with E-state index in [-0.39, 0.29) is 16.5 Å². The number of nitrogens with zero attached hydrogens (tertiary/aromatic N) is 1. The summed E-state index contributed by atoms with van der Waals surface area (Å²) in [6, 6.07) is 14.4. The molecular weight excluding hydrogens is 374 g/mol. The van der Waals surface area contributed by atoms with Crippen LogP contribution >= 0.6 is 0 Å². The Kier molecular flexibility index (Phi) is 5.56. The molecule has 0 spiro atoms. The van der Waals surface area contributed by atoms with Crippen LogP contribution in [0.15, 0.2) is 59.6 Å². The molecule has 0 radical (unpaired) electrons. The molecule has 0 aliphatic rings. The van der Waals surface area contributed by atoms with E-state index in [2.05, 4.69) is 28.0 Å². The van der Waals surface area contributed by atoms with Crippen molar-refractivity contribution < 1.29 is 13.2 Å². The van der Waals surface area contributed by atoms with Gasteiger partial charge in [-0.05, 0) is 67.8 Å². The highest BCUT2D eigenvalue weighted by atomic mass is 32.2. The first-order valence-corrected chi connectivity index (χ1v) is 10.3. The number of benzene rings is 2. The number of ether oxygens (including phenoxy) is 1. The third-order valence-electron chi connectivity index (χ3n) is 4.49. The van der Waals surface area contributed by atoms with Gasteiger partial charge in [-0.25, -0.2) is 13.4 Å². The Morgan fingerprint density at radius 1 is 1.00 bits per heavy atom. The second kappa shape index (κ2) is 7.90. The molecule has 2 aromatic carbocycles. The summed E-state index contributed by atoms with van der Waals surface area (Å²) in [5.74, 6) is 0.515. The lowest BCUT2D eigenvalue weighted by Crippen LogP contribution is -2.15. The zero-order valence-electron chi connectivity index (χ0n) is 16.3. The van der Waals surface area contributed by atoms with Gasteiger partial charge in [0.15, 0.2) is 0 Å². The number of aromatic nitrogens is 1. The molecule has 0 saturated heterocycles. The second-order valence-electron chi connectivity index (χ2n) is 6.56. The summed E-state index contributed by atoms with van der Waals surface area (Å²) in [6.07, 6.45) is 1.59. The van der Waals surface area contributed by atoms with Gasteiger partial charge in [0.2, 0.25) is 0 Å². The standard InChI is InChI=1S/C21H23N3O3S/c1-14-8-10-19(27-4)20(12-14)28(25,26)24-21-11-9-17(13-22-21)23-18-7-5-6-15(2)16(18)3/h5-13,23H,1-4H3,(H,22,24). The van der Waals surface area contributed by atoms with Crippen LogP contribution in [-0.2, 0) is 10.0 Å². The number of nitrogens with one attached hydrogen (secondary N) is 2. The van der Waals surface area contributed by atoms with E-state index < -0.39 is 10.0 Å². The number of anilines is 3. The maximum atomic E-state index is 12.7. The second-order valence-corrected chi connectivity index (χ2v) is 8.22. The van der Waals surface area contributed by atoms with Gasteiger partial charge in [0.25, 0.3) is 10.0 Å². The van der Waals surface area contributed by atoms with Crippen molar-refractivity contribution in [1.29, 1.82) is 0 Å². The third kappa shape index (κ3) is 4.26. The molecule has 1 heterocycles. The summed E-state index contributed by atoms with van der Waals surface area (Å²) in [7, 11) is -2.38. The molecule has 0 saturated carbocycles. The fourth-order valence-electron chi connectivity index (χ4n) is 2.76. The monoisotopic (exact) mass is 397 g/mol. The lowest BCUT2D eigenvalue weighted by atomic mass is 10.1. The molecule has 146 valence electrons. The maximum Gasteiger partial charge on any atom is 0.266 e. The predicted octanol–water partition coefficient (Wildman–Crippen LogP) is 4.56. The topological polar surface area (TPSA) is 80.3 Å². The van der Waals surface area contributed by atoms with Crippen LogP contribution in [0.25, 0.3) is 0 Å². The number of hydrogen-bond donors (Lipinski definition) is 2. The number of aryl methyl sites for hydroxylation is 2. The highest BCUT2D eigenvalue weighted by Gasteiger charge is 2.20. The summed E-state index contributed by atoms with van der Waals surface area (Å²) >= 11 is 0. The zero-order chi connectivity index (χ0) is 20.3. The van der Waals surface area contributed by atoms with Crippen molar-refractivity contribution in [2.24, 2.45) is 0 Å². The molecule has 0 amide bonds. The Bertz CT molecular complexity index is 1090. The molecule has 28 heavy (non-hydrogen) atoms. The smallest absolute Gasteiger partial charge is 0.266 e. The number of hydrogen-bond acceptors (Lipinski definition) is 5. The van der Waals surface area contributed by atoms with Gasteiger partial charge in [-0.15, -0.1) is 0 Å². The van der Waals surface area contributed by atoms with E-state index in [0.29, 0.717) is 0 Å². The van der Waals surface area contributed by atoms with E-state index in [1.54, 1.807) is 36.5 Å². The van der Waals surface area contributed by atoms with Gasteiger partial charge in [0.05, 0.1) is 19.0 Å². The molecular formula is C21H23N3O3S. The molecule has 0 fully saturated rings. The van der Waals surface area contributed by atoms with E-state index >= 15 is 0 Å². The van der Waals surface area contributed by atoms with Gasteiger partial charge >= 0.3 is 0 Å². The minimum Gasteiger partial charge on any atom is -0.495 e. The quantitative estimate of drug-likeness (QED) is 0.637. The molecule has 2 N–H and O–H groups in total. The Morgan fingerprint density at radius 3 is 2.46 bits per heavy atom. The van der Waals surface area contributed by atoms with Crippen LogP contribution in [0.1, 0.15) is 16.7 Å². The highest BCUT2D eigenvalue weighted by molar-refractivity contribution is 7.92. The van der Waals surface area contributed by atoms with Gasteiger partial charge in [-0.2, -0.15) is 0 Å². The largest absolute Gasteiger partial charge is 0.495 e. The van der Waals surface area contributed by atoms with Crippen LogP contribution in [0.2, 0.25) is 0 Å². The minimum absolute atomic E-state index is 0.0781. The van der Waals surface area contributed by atoms with Crippen LogP contribution in [0.3, 0.4) is 0 Å². The van der Waals surface area contributed by atoms with Crippen molar-refractivity contribution in [2.75, 3.05) is 17.1 Å². The fraction of sp³-hybridized carbons (Fsp3) is 0.190. The highest BCUT2D eigenvalue weighted by Crippen LogP contribution is 2.27. The van der Waals surface area contributed by atoms with Crippen LogP contribution in [0, 0.1) is 20.8 Å². The Morgan fingerprint density at radius 2 is 1.79 bits per heavy atom. The summed E-state index contributed by atoms with van der Waals surface area (Å²) in [6.45, 7) is 5.92. The third-order valence-corrected chi connectivity index (χ3v) is 5.87. The summed E-state index contributed by atoms with van der Waals surface area (Å²) in [4.78, 5) is 4.30. The lowest BCUT2D eigenvalue weighted by Gasteiger charge is -2.13. The van der Waals surface area contributed by atoms with Crippen molar-refractivity contribution in [2.45, 2.75) is 25.7 Å².